The minimum atomic E-state index is -0.598. The standard InChI is InChI=1S/C18H10BrF2N3O2S/c19-9-4-5-12(11(21)6-9)23-14(25)7-24-8-22-16-15-10(20)2-1-3-13(15)27-17(16)18(24)26/h1-6,8H,7H2,(H,23,25). The minimum absolute atomic E-state index is 0.00854. The molecule has 4 rings (SSSR count). The van der Waals surface area contributed by atoms with Gasteiger partial charge < -0.3 is 5.32 Å². The van der Waals surface area contributed by atoms with Crippen LogP contribution in [-0.2, 0) is 11.3 Å². The lowest BCUT2D eigenvalue weighted by Crippen LogP contribution is -2.27. The SMILES string of the molecule is O=C(Cn1cnc2c(sc3cccc(F)c32)c1=O)Nc1ccc(Br)cc1F. The summed E-state index contributed by atoms with van der Waals surface area (Å²) in [5.41, 5.74) is -0.171. The molecule has 0 fully saturated rings. The van der Waals surface area contributed by atoms with Gasteiger partial charge in [-0.3, -0.25) is 14.2 Å². The summed E-state index contributed by atoms with van der Waals surface area (Å²) in [6, 6.07) is 8.80. The highest BCUT2D eigenvalue weighted by Crippen LogP contribution is 2.31. The molecule has 5 nitrogen and oxygen atoms in total. The van der Waals surface area contributed by atoms with Crippen LogP contribution in [0.1, 0.15) is 0 Å². The van der Waals surface area contributed by atoms with Gasteiger partial charge in [0.05, 0.1) is 22.9 Å². The van der Waals surface area contributed by atoms with Gasteiger partial charge in [-0.15, -0.1) is 11.3 Å². The predicted molar refractivity (Wildman–Crippen MR) is 104 cm³/mol. The highest BCUT2D eigenvalue weighted by molar-refractivity contribution is 9.10. The summed E-state index contributed by atoms with van der Waals surface area (Å²) in [5, 5.41) is 2.71. The molecule has 4 aromatic rings. The fourth-order valence-corrected chi connectivity index (χ4v) is 4.17. The van der Waals surface area contributed by atoms with Gasteiger partial charge in [0.15, 0.2) is 0 Å². The van der Waals surface area contributed by atoms with Gasteiger partial charge in [0, 0.05) is 9.17 Å². The number of amides is 1. The Balaban J connectivity index is 1.67. The molecule has 0 aliphatic heterocycles. The molecule has 0 bridgehead atoms. The van der Waals surface area contributed by atoms with Crippen molar-refractivity contribution in [2.45, 2.75) is 6.54 Å². The number of anilines is 1. The van der Waals surface area contributed by atoms with Crippen molar-refractivity contribution < 1.29 is 13.6 Å². The average Bonchev–Trinajstić information content (AvgIpc) is 3.01. The molecule has 2 heterocycles. The number of aromatic nitrogens is 2. The fraction of sp³-hybridized carbons (Fsp3) is 0.0556. The zero-order valence-corrected chi connectivity index (χ0v) is 15.9. The maximum absolute atomic E-state index is 14.1. The van der Waals surface area contributed by atoms with Crippen molar-refractivity contribution in [1.82, 2.24) is 9.55 Å². The Hall–Kier alpha value is -2.65. The molecule has 0 spiro atoms. The van der Waals surface area contributed by atoms with Gasteiger partial charge in [-0.05, 0) is 30.3 Å². The maximum Gasteiger partial charge on any atom is 0.271 e. The molecule has 0 atom stereocenters. The van der Waals surface area contributed by atoms with E-state index in [9.17, 15) is 18.4 Å². The number of carbonyl (C=O) groups excluding carboxylic acids is 1. The molecule has 136 valence electrons. The van der Waals surface area contributed by atoms with E-state index in [-0.39, 0.29) is 22.4 Å². The van der Waals surface area contributed by atoms with E-state index < -0.39 is 23.1 Å². The van der Waals surface area contributed by atoms with Crippen LogP contribution in [0.15, 0.2) is 52.0 Å². The molecule has 0 radical (unpaired) electrons. The van der Waals surface area contributed by atoms with Crippen LogP contribution in [0.25, 0.3) is 20.3 Å². The second-order valence-electron chi connectivity index (χ2n) is 5.74. The second-order valence-corrected chi connectivity index (χ2v) is 7.71. The van der Waals surface area contributed by atoms with Crippen LogP contribution in [-0.4, -0.2) is 15.5 Å². The van der Waals surface area contributed by atoms with Gasteiger partial charge in [-0.2, -0.15) is 0 Å². The lowest BCUT2D eigenvalue weighted by molar-refractivity contribution is -0.116. The van der Waals surface area contributed by atoms with E-state index in [2.05, 4.69) is 26.2 Å². The Morgan fingerprint density at radius 2 is 2.04 bits per heavy atom. The molecule has 0 saturated heterocycles. The summed E-state index contributed by atoms with van der Waals surface area (Å²) in [4.78, 5) is 29.0. The molecule has 9 heteroatoms. The number of hydrogen-bond acceptors (Lipinski definition) is 4. The van der Waals surface area contributed by atoms with Gasteiger partial charge in [0.1, 0.15) is 22.9 Å². The third-order valence-electron chi connectivity index (χ3n) is 3.94. The molecule has 0 saturated carbocycles. The highest BCUT2D eigenvalue weighted by Gasteiger charge is 2.16. The van der Waals surface area contributed by atoms with E-state index >= 15 is 0 Å². The molecule has 0 aliphatic carbocycles. The number of carbonyl (C=O) groups is 1. The average molecular weight is 450 g/mol. The number of thiophene rings is 1. The molecule has 0 unspecified atom stereocenters. The van der Waals surface area contributed by atoms with Crippen molar-refractivity contribution in [3.63, 3.8) is 0 Å². The van der Waals surface area contributed by atoms with Crippen LogP contribution in [0.4, 0.5) is 14.5 Å². The first-order valence-corrected chi connectivity index (χ1v) is 9.36. The van der Waals surface area contributed by atoms with Gasteiger partial charge in [-0.25, -0.2) is 13.8 Å². The number of fused-ring (bicyclic) bond motifs is 3. The molecular weight excluding hydrogens is 440 g/mol. The Morgan fingerprint density at radius 3 is 2.81 bits per heavy atom. The van der Waals surface area contributed by atoms with Crippen molar-refractivity contribution in [3.8, 4) is 0 Å². The number of nitrogens with one attached hydrogen (secondary N) is 1. The molecular formula is C18H10BrF2N3O2S. The zero-order chi connectivity index (χ0) is 19.1. The molecule has 27 heavy (non-hydrogen) atoms. The molecule has 2 aromatic carbocycles. The summed E-state index contributed by atoms with van der Waals surface area (Å²) in [7, 11) is 0. The predicted octanol–water partition coefficient (Wildman–Crippen LogP) is 4.29. The van der Waals surface area contributed by atoms with Crippen LogP contribution in [0.2, 0.25) is 0 Å². The van der Waals surface area contributed by atoms with E-state index in [1.807, 2.05) is 0 Å². The largest absolute Gasteiger partial charge is 0.322 e. The number of benzene rings is 2. The van der Waals surface area contributed by atoms with Gasteiger partial charge in [-0.1, -0.05) is 22.0 Å². The Morgan fingerprint density at radius 1 is 1.22 bits per heavy atom. The van der Waals surface area contributed by atoms with Crippen molar-refractivity contribution in [1.29, 1.82) is 0 Å². The van der Waals surface area contributed by atoms with Crippen LogP contribution in [0.5, 0.6) is 0 Å². The van der Waals surface area contributed by atoms with Gasteiger partial charge in [0.25, 0.3) is 5.56 Å². The monoisotopic (exact) mass is 449 g/mol. The second kappa shape index (κ2) is 6.82. The van der Waals surface area contributed by atoms with E-state index in [0.717, 1.165) is 15.9 Å². The first-order valence-electron chi connectivity index (χ1n) is 7.75. The van der Waals surface area contributed by atoms with E-state index in [0.29, 0.717) is 14.6 Å². The zero-order valence-electron chi connectivity index (χ0n) is 13.5. The van der Waals surface area contributed by atoms with Crippen molar-refractivity contribution in [2.75, 3.05) is 5.32 Å². The van der Waals surface area contributed by atoms with E-state index in [1.54, 1.807) is 18.2 Å². The molecule has 0 aliphatic rings. The quantitative estimate of drug-likeness (QED) is 0.507. The van der Waals surface area contributed by atoms with Crippen LogP contribution < -0.4 is 10.9 Å². The van der Waals surface area contributed by atoms with Crippen molar-refractivity contribution in [2.24, 2.45) is 0 Å². The molecule has 1 N–H and O–H groups in total. The minimum Gasteiger partial charge on any atom is -0.322 e. The Kier molecular flexibility index (Phi) is 4.48. The van der Waals surface area contributed by atoms with E-state index in [1.165, 1.54) is 24.5 Å². The molecule has 1 amide bonds. The van der Waals surface area contributed by atoms with Gasteiger partial charge >= 0.3 is 0 Å². The smallest absolute Gasteiger partial charge is 0.271 e. The lowest BCUT2D eigenvalue weighted by atomic mass is 10.2. The van der Waals surface area contributed by atoms with Crippen molar-refractivity contribution in [3.05, 3.63) is 69.2 Å². The number of rotatable bonds is 3. The first kappa shape index (κ1) is 17.7. The van der Waals surface area contributed by atoms with Gasteiger partial charge in [0.2, 0.25) is 5.91 Å². The third-order valence-corrected chi connectivity index (χ3v) is 5.57. The summed E-state index contributed by atoms with van der Waals surface area (Å²) in [5.74, 6) is -1.63. The van der Waals surface area contributed by atoms with Crippen LogP contribution in [0.3, 0.4) is 0 Å². The molecule has 2 aromatic heterocycles. The number of hydrogen-bond donors (Lipinski definition) is 1. The Bertz CT molecular complexity index is 1270. The van der Waals surface area contributed by atoms with E-state index in [4.69, 9.17) is 0 Å². The maximum atomic E-state index is 14.1. The number of nitrogens with zero attached hydrogens (tertiary/aromatic N) is 2. The van der Waals surface area contributed by atoms with Crippen molar-refractivity contribution >= 4 is 59.2 Å². The Labute approximate surface area is 163 Å². The first-order chi connectivity index (χ1) is 12.9. The van der Waals surface area contributed by atoms with Crippen LogP contribution in [0, 0.1) is 11.6 Å². The number of halogens is 3. The highest BCUT2D eigenvalue weighted by atomic mass is 79.9. The summed E-state index contributed by atoms with van der Waals surface area (Å²) >= 11 is 4.26. The fourth-order valence-electron chi connectivity index (χ4n) is 2.72. The third kappa shape index (κ3) is 3.24. The summed E-state index contributed by atoms with van der Waals surface area (Å²) < 4.78 is 30.4. The normalized spacial score (nSPS) is 11.2. The van der Waals surface area contributed by atoms with Crippen LogP contribution >= 0.6 is 27.3 Å². The topological polar surface area (TPSA) is 64.0 Å². The summed E-state index contributed by atoms with van der Waals surface area (Å²) in [6.07, 6.45) is 1.20. The lowest BCUT2D eigenvalue weighted by Gasteiger charge is -2.08. The summed E-state index contributed by atoms with van der Waals surface area (Å²) in [6.45, 7) is -0.339.